The summed E-state index contributed by atoms with van der Waals surface area (Å²) in [4.78, 5) is 11.4. The monoisotopic (exact) mass is 261 g/mol. The predicted molar refractivity (Wildman–Crippen MR) is 72.4 cm³/mol. The summed E-state index contributed by atoms with van der Waals surface area (Å²) in [6.07, 6.45) is 0. The third kappa shape index (κ3) is 2.81. The summed E-state index contributed by atoms with van der Waals surface area (Å²) in [7, 11) is 0. The fourth-order valence-electron chi connectivity index (χ4n) is 1.54. The first-order valence-corrected chi connectivity index (χ1v) is 5.78. The van der Waals surface area contributed by atoms with Crippen molar-refractivity contribution in [2.24, 2.45) is 0 Å². The highest BCUT2D eigenvalue weighted by Gasteiger charge is 2.07. The van der Waals surface area contributed by atoms with Gasteiger partial charge in [0.2, 0.25) is 0 Å². The Kier molecular flexibility index (Phi) is 3.53. The second-order valence-corrected chi connectivity index (χ2v) is 4.30. The molecule has 2 N–H and O–H groups in total. The van der Waals surface area contributed by atoms with Crippen molar-refractivity contribution in [2.45, 2.75) is 6.92 Å². The third-order valence-electron chi connectivity index (χ3n) is 2.45. The minimum atomic E-state index is -0.0888. The lowest BCUT2D eigenvalue weighted by atomic mass is 10.1. The van der Waals surface area contributed by atoms with E-state index in [2.05, 4.69) is 0 Å². The Morgan fingerprint density at radius 3 is 2.33 bits per heavy atom. The van der Waals surface area contributed by atoms with Gasteiger partial charge in [-0.1, -0.05) is 11.6 Å². The van der Waals surface area contributed by atoms with Gasteiger partial charge >= 0.3 is 0 Å². The molecule has 4 heteroatoms. The SMILES string of the molecule is CC(=O)c1cc(Oc2ccc(Cl)cc2)ccc1N. The molecular formula is C14H12ClNO2. The van der Waals surface area contributed by atoms with Crippen LogP contribution in [-0.4, -0.2) is 5.78 Å². The Bertz CT molecular complexity index is 579. The summed E-state index contributed by atoms with van der Waals surface area (Å²) < 4.78 is 5.61. The van der Waals surface area contributed by atoms with Gasteiger partial charge in [-0.2, -0.15) is 0 Å². The van der Waals surface area contributed by atoms with Gasteiger partial charge in [0, 0.05) is 16.3 Å². The Morgan fingerprint density at radius 1 is 1.11 bits per heavy atom. The summed E-state index contributed by atoms with van der Waals surface area (Å²) in [6.45, 7) is 1.47. The molecule has 18 heavy (non-hydrogen) atoms. The van der Waals surface area contributed by atoms with E-state index < -0.39 is 0 Å². The van der Waals surface area contributed by atoms with Gasteiger partial charge in [0.15, 0.2) is 5.78 Å². The topological polar surface area (TPSA) is 52.3 Å². The molecule has 0 amide bonds. The van der Waals surface area contributed by atoms with Crippen LogP contribution in [0.4, 0.5) is 5.69 Å². The Labute approximate surface area is 110 Å². The number of hydrogen-bond donors (Lipinski definition) is 1. The summed E-state index contributed by atoms with van der Waals surface area (Å²) >= 11 is 5.79. The van der Waals surface area contributed by atoms with E-state index in [0.29, 0.717) is 27.8 Å². The number of carbonyl (C=O) groups excluding carboxylic acids is 1. The summed E-state index contributed by atoms with van der Waals surface area (Å²) in [5.41, 5.74) is 6.62. The maximum Gasteiger partial charge on any atom is 0.162 e. The summed E-state index contributed by atoms with van der Waals surface area (Å²) in [6, 6.07) is 12.0. The smallest absolute Gasteiger partial charge is 0.162 e. The average Bonchev–Trinajstić information content (AvgIpc) is 2.34. The van der Waals surface area contributed by atoms with Crippen LogP contribution in [0.3, 0.4) is 0 Å². The Morgan fingerprint density at radius 2 is 1.72 bits per heavy atom. The first kappa shape index (κ1) is 12.5. The number of ketones is 1. The molecular weight excluding hydrogens is 250 g/mol. The highest BCUT2D eigenvalue weighted by molar-refractivity contribution is 6.30. The lowest BCUT2D eigenvalue weighted by Gasteiger charge is -2.08. The number of benzene rings is 2. The summed E-state index contributed by atoms with van der Waals surface area (Å²) in [5.74, 6) is 1.13. The number of nitrogen functional groups attached to an aromatic ring is 1. The van der Waals surface area contributed by atoms with E-state index in [1.54, 1.807) is 42.5 Å². The van der Waals surface area contributed by atoms with E-state index in [9.17, 15) is 4.79 Å². The molecule has 0 aromatic heterocycles. The second-order valence-electron chi connectivity index (χ2n) is 3.86. The summed E-state index contributed by atoms with van der Waals surface area (Å²) in [5, 5.41) is 0.643. The lowest BCUT2D eigenvalue weighted by molar-refractivity contribution is 0.101. The van der Waals surface area contributed by atoms with E-state index in [1.807, 2.05) is 0 Å². The van der Waals surface area contributed by atoms with Gasteiger partial charge in [-0.05, 0) is 49.4 Å². The molecule has 2 aromatic rings. The van der Waals surface area contributed by atoms with Crippen molar-refractivity contribution >= 4 is 23.1 Å². The van der Waals surface area contributed by atoms with Crippen molar-refractivity contribution in [3.05, 3.63) is 53.1 Å². The highest BCUT2D eigenvalue weighted by Crippen LogP contribution is 2.26. The third-order valence-corrected chi connectivity index (χ3v) is 2.71. The van der Waals surface area contributed by atoms with Gasteiger partial charge in [0.1, 0.15) is 11.5 Å². The van der Waals surface area contributed by atoms with Gasteiger partial charge in [-0.15, -0.1) is 0 Å². The van der Waals surface area contributed by atoms with Crippen LogP contribution < -0.4 is 10.5 Å². The molecule has 0 aliphatic heterocycles. The number of halogens is 1. The van der Waals surface area contributed by atoms with Crippen molar-refractivity contribution in [2.75, 3.05) is 5.73 Å². The van der Waals surface area contributed by atoms with Crippen molar-refractivity contribution in [3.63, 3.8) is 0 Å². The molecule has 0 aliphatic carbocycles. The molecule has 0 radical (unpaired) electrons. The first-order chi connectivity index (χ1) is 8.56. The molecule has 0 saturated heterocycles. The molecule has 2 aromatic carbocycles. The standard InChI is InChI=1S/C14H12ClNO2/c1-9(17)13-8-12(6-7-14(13)16)18-11-4-2-10(15)3-5-11/h2-8H,16H2,1H3. The van der Waals surface area contributed by atoms with Gasteiger partial charge in [0.05, 0.1) is 0 Å². The number of ether oxygens (including phenoxy) is 1. The lowest BCUT2D eigenvalue weighted by Crippen LogP contribution is -1.99. The van der Waals surface area contributed by atoms with Crippen LogP contribution in [0.5, 0.6) is 11.5 Å². The maximum atomic E-state index is 11.4. The van der Waals surface area contributed by atoms with Crippen LogP contribution in [0.1, 0.15) is 17.3 Å². The molecule has 3 nitrogen and oxygen atoms in total. The van der Waals surface area contributed by atoms with Crippen LogP contribution >= 0.6 is 11.6 Å². The van der Waals surface area contributed by atoms with Crippen molar-refractivity contribution < 1.29 is 9.53 Å². The Hall–Kier alpha value is -2.00. The van der Waals surface area contributed by atoms with Crippen LogP contribution in [0, 0.1) is 0 Å². The minimum absolute atomic E-state index is 0.0888. The van der Waals surface area contributed by atoms with E-state index in [1.165, 1.54) is 6.92 Å². The zero-order valence-corrected chi connectivity index (χ0v) is 10.6. The number of Topliss-reactive ketones (excluding diaryl/α,β-unsaturated/α-hetero) is 1. The molecule has 92 valence electrons. The van der Waals surface area contributed by atoms with Crippen LogP contribution in [0.15, 0.2) is 42.5 Å². The predicted octanol–water partition coefficient (Wildman–Crippen LogP) is 3.92. The zero-order valence-electron chi connectivity index (χ0n) is 9.81. The minimum Gasteiger partial charge on any atom is -0.457 e. The van der Waals surface area contributed by atoms with Crippen molar-refractivity contribution in [1.82, 2.24) is 0 Å². The van der Waals surface area contributed by atoms with Crippen LogP contribution in [-0.2, 0) is 0 Å². The normalized spacial score (nSPS) is 10.1. The zero-order chi connectivity index (χ0) is 13.1. The quantitative estimate of drug-likeness (QED) is 0.673. The van der Waals surface area contributed by atoms with Gasteiger partial charge < -0.3 is 10.5 Å². The van der Waals surface area contributed by atoms with E-state index in [0.717, 1.165) is 0 Å². The molecule has 0 saturated carbocycles. The highest BCUT2D eigenvalue weighted by atomic mass is 35.5. The number of carbonyl (C=O) groups is 1. The van der Waals surface area contributed by atoms with Gasteiger partial charge in [-0.3, -0.25) is 4.79 Å². The molecule has 0 bridgehead atoms. The van der Waals surface area contributed by atoms with E-state index in [-0.39, 0.29) is 5.78 Å². The van der Waals surface area contributed by atoms with E-state index >= 15 is 0 Å². The molecule has 0 aliphatic rings. The molecule has 0 atom stereocenters. The molecule has 2 rings (SSSR count). The number of anilines is 1. The molecule has 0 fully saturated rings. The number of hydrogen-bond acceptors (Lipinski definition) is 3. The molecule has 0 spiro atoms. The average molecular weight is 262 g/mol. The second kappa shape index (κ2) is 5.10. The number of nitrogens with two attached hydrogens (primary N) is 1. The Balaban J connectivity index is 2.27. The van der Waals surface area contributed by atoms with Crippen LogP contribution in [0.25, 0.3) is 0 Å². The first-order valence-electron chi connectivity index (χ1n) is 5.40. The van der Waals surface area contributed by atoms with Gasteiger partial charge in [-0.25, -0.2) is 0 Å². The van der Waals surface area contributed by atoms with Crippen LogP contribution in [0.2, 0.25) is 5.02 Å². The number of rotatable bonds is 3. The maximum absolute atomic E-state index is 11.4. The fourth-order valence-corrected chi connectivity index (χ4v) is 1.67. The fraction of sp³-hybridized carbons (Fsp3) is 0.0714. The largest absolute Gasteiger partial charge is 0.457 e. The molecule has 0 unspecified atom stereocenters. The van der Waals surface area contributed by atoms with Crippen molar-refractivity contribution in [1.29, 1.82) is 0 Å². The van der Waals surface area contributed by atoms with E-state index in [4.69, 9.17) is 22.1 Å². The van der Waals surface area contributed by atoms with Crippen molar-refractivity contribution in [3.8, 4) is 11.5 Å². The molecule has 0 heterocycles. The van der Waals surface area contributed by atoms with Gasteiger partial charge in [0.25, 0.3) is 0 Å².